The molecule has 0 spiro atoms. The van der Waals surface area contributed by atoms with E-state index in [1.54, 1.807) is 6.07 Å². The Balaban J connectivity index is 1.27. The molecule has 4 aliphatic rings. The summed E-state index contributed by atoms with van der Waals surface area (Å²) in [6, 6.07) is 2.11. The second-order valence-electron chi connectivity index (χ2n) is 10.9. The van der Waals surface area contributed by atoms with E-state index in [2.05, 4.69) is 19.8 Å². The lowest BCUT2D eigenvalue weighted by Gasteiger charge is -2.41. The molecule has 4 saturated heterocycles. The molecule has 1 aromatic heterocycles. The zero-order valence-electron chi connectivity index (χ0n) is 19.6. The van der Waals surface area contributed by atoms with Gasteiger partial charge in [0.05, 0.1) is 17.6 Å². The van der Waals surface area contributed by atoms with Crippen LogP contribution in [0.2, 0.25) is 5.15 Å². The summed E-state index contributed by atoms with van der Waals surface area (Å²) in [6.07, 6.45) is 3.30. The van der Waals surface area contributed by atoms with E-state index >= 15 is 0 Å². The summed E-state index contributed by atoms with van der Waals surface area (Å²) < 4.78 is 25.7. The minimum Gasteiger partial charge on any atom is -0.461 e. The molecule has 5 rings (SSSR count). The van der Waals surface area contributed by atoms with Crippen LogP contribution in [0.5, 0.6) is 6.01 Å². The van der Waals surface area contributed by atoms with Crippen molar-refractivity contribution in [1.29, 1.82) is 0 Å². The third-order valence-corrected chi connectivity index (χ3v) is 7.50. The molecule has 2 unspecified atom stereocenters. The largest absolute Gasteiger partial charge is 0.461 e. The lowest BCUT2D eigenvalue weighted by molar-refractivity contribution is 0.0122. The number of aromatic nitrogens is 2. The molecule has 0 saturated carbocycles. The van der Waals surface area contributed by atoms with E-state index in [0.717, 1.165) is 32.2 Å². The van der Waals surface area contributed by atoms with Crippen molar-refractivity contribution in [2.24, 2.45) is 0 Å². The number of hydrogen-bond acceptors (Lipinski definition) is 7. The number of amides is 1. The predicted octanol–water partition coefficient (Wildman–Crippen LogP) is 3.67. The van der Waals surface area contributed by atoms with Gasteiger partial charge in [-0.1, -0.05) is 11.6 Å². The Morgan fingerprint density at radius 1 is 1.24 bits per heavy atom. The summed E-state index contributed by atoms with van der Waals surface area (Å²) in [6.45, 7) is 8.73. The zero-order chi connectivity index (χ0) is 23.4. The molecule has 182 valence electrons. The number of carbonyl (C=O) groups is 1. The van der Waals surface area contributed by atoms with Gasteiger partial charge in [-0.2, -0.15) is 9.97 Å². The summed E-state index contributed by atoms with van der Waals surface area (Å²) in [5, 5.41) is 0.312. The fourth-order valence-electron chi connectivity index (χ4n) is 5.96. The molecular weight excluding hydrogens is 449 g/mol. The molecule has 2 bridgehead atoms. The van der Waals surface area contributed by atoms with Crippen LogP contribution in [-0.4, -0.2) is 88.0 Å². The van der Waals surface area contributed by atoms with Crippen LogP contribution >= 0.6 is 11.6 Å². The maximum absolute atomic E-state index is 14.1. The number of piperazine rings is 1. The molecule has 0 N–H and O–H groups in total. The molecule has 5 heterocycles. The van der Waals surface area contributed by atoms with E-state index in [9.17, 15) is 9.18 Å². The van der Waals surface area contributed by atoms with Crippen LogP contribution in [0.25, 0.3) is 0 Å². The summed E-state index contributed by atoms with van der Waals surface area (Å²) >= 11 is 6.32. The third kappa shape index (κ3) is 4.58. The van der Waals surface area contributed by atoms with Crippen molar-refractivity contribution in [2.45, 2.75) is 82.3 Å². The summed E-state index contributed by atoms with van der Waals surface area (Å²) in [7, 11) is 0. The molecule has 33 heavy (non-hydrogen) atoms. The smallest absolute Gasteiger partial charge is 0.410 e. The number of hydrogen-bond donors (Lipinski definition) is 0. The maximum atomic E-state index is 14.1. The van der Waals surface area contributed by atoms with Crippen LogP contribution in [0.4, 0.5) is 15.0 Å². The Hall–Kier alpha value is -1.87. The lowest BCUT2D eigenvalue weighted by Crippen LogP contribution is -2.57. The van der Waals surface area contributed by atoms with Crippen molar-refractivity contribution in [2.75, 3.05) is 37.7 Å². The van der Waals surface area contributed by atoms with Crippen LogP contribution in [0.15, 0.2) is 6.07 Å². The minimum absolute atomic E-state index is 0.0719. The topological polar surface area (TPSA) is 71.0 Å². The van der Waals surface area contributed by atoms with Gasteiger partial charge in [0, 0.05) is 32.1 Å². The van der Waals surface area contributed by atoms with Gasteiger partial charge in [0.1, 0.15) is 29.4 Å². The first-order valence-corrected chi connectivity index (χ1v) is 12.3. The van der Waals surface area contributed by atoms with Gasteiger partial charge in [0.2, 0.25) is 0 Å². The molecule has 10 heteroatoms. The fraction of sp³-hybridized carbons (Fsp3) is 0.783. The van der Waals surface area contributed by atoms with Crippen LogP contribution < -0.4 is 9.64 Å². The number of nitrogens with zero attached hydrogens (tertiary/aromatic N) is 5. The molecular formula is C23H33ClFN5O3. The number of alkyl halides is 1. The van der Waals surface area contributed by atoms with Crippen molar-refractivity contribution >= 4 is 23.5 Å². The number of ether oxygens (including phenoxy) is 2. The summed E-state index contributed by atoms with van der Waals surface area (Å²) in [4.78, 5) is 27.9. The highest BCUT2D eigenvalue weighted by Gasteiger charge is 2.49. The maximum Gasteiger partial charge on any atom is 0.410 e. The summed E-state index contributed by atoms with van der Waals surface area (Å²) in [5.41, 5.74) is -0.778. The fourth-order valence-corrected chi connectivity index (χ4v) is 6.13. The van der Waals surface area contributed by atoms with Gasteiger partial charge in [0.15, 0.2) is 0 Å². The van der Waals surface area contributed by atoms with Crippen LogP contribution in [0.1, 0.15) is 52.9 Å². The first-order chi connectivity index (χ1) is 15.6. The Kier molecular flexibility index (Phi) is 5.84. The number of fused-ring (bicyclic) bond motifs is 3. The van der Waals surface area contributed by atoms with Gasteiger partial charge in [-0.05, 0) is 53.0 Å². The number of anilines is 1. The molecule has 1 aromatic rings. The Morgan fingerprint density at radius 3 is 2.67 bits per heavy atom. The molecule has 4 atom stereocenters. The number of halogens is 2. The van der Waals surface area contributed by atoms with Crippen LogP contribution in [0, 0.1) is 0 Å². The van der Waals surface area contributed by atoms with E-state index in [-0.39, 0.29) is 29.7 Å². The summed E-state index contributed by atoms with van der Waals surface area (Å²) in [5.74, 6) is 0.696. The molecule has 0 aliphatic carbocycles. The normalized spacial score (nSPS) is 31.7. The van der Waals surface area contributed by atoms with E-state index < -0.39 is 11.8 Å². The van der Waals surface area contributed by atoms with E-state index in [1.165, 1.54) is 0 Å². The van der Waals surface area contributed by atoms with Gasteiger partial charge in [-0.25, -0.2) is 9.18 Å². The van der Waals surface area contributed by atoms with Gasteiger partial charge < -0.3 is 14.4 Å². The molecule has 0 aromatic carbocycles. The molecule has 1 amide bonds. The van der Waals surface area contributed by atoms with Gasteiger partial charge >= 0.3 is 12.1 Å². The first kappa shape index (κ1) is 22.9. The average molecular weight is 482 g/mol. The zero-order valence-corrected chi connectivity index (χ0v) is 20.4. The van der Waals surface area contributed by atoms with E-state index in [1.807, 2.05) is 25.7 Å². The van der Waals surface area contributed by atoms with Gasteiger partial charge in [-0.15, -0.1) is 0 Å². The van der Waals surface area contributed by atoms with E-state index in [0.29, 0.717) is 43.6 Å². The highest BCUT2D eigenvalue weighted by Crippen LogP contribution is 2.40. The average Bonchev–Trinajstić information content (AvgIpc) is 3.32. The van der Waals surface area contributed by atoms with Gasteiger partial charge in [0.25, 0.3) is 0 Å². The Labute approximate surface area is 199 Å². The monoisotopic (exact) mass is 481 g/mol. The Bertz CT molecular complexity index is 901. The van der Waals surface area contributed by atoms with Crippen molar-refractivity contribution in [3.05, 3.63) is 11.2 Å². The predicted molar refractivity (Wildman–Crippen MR) is 123 cm³/mol. The molecule has 8 nitrogen and oxygen atoms in total. The number of rotatable bonds is 4. The van der Waals surface area contributed by atoms with Crippen molar-refractivity contribution in [3.63, 3.8) is 0 Å². The quantitative estimate of drug-likeness (QED) is 0.607. The van der Waals surface area contributed by atoms with Crippen LogP contribution in [0.3, 0.4) is 0 Å². The molecule has 0 radical (unpaired) electrons. The lowest BCUT2D eigenvalue weighted by atomic mass is 9.95. The SMILES string of the molecule is CC(C)(C)OC(=O)N1C2CCC1CN(c1cc(Cl)nc(OC[C@@]34CCCN3C[C@H](F)C4)n1)C2. The second-order valence-corrected chi connectivity index (χ2v) is 11.3. The third-order valence-electron chi connectivity index (χ3n) is 7.30. The van der Waals surface area contributed by atoms with E-state index in [4.69, 9.17) is 21.1 Å². The molecule has 4 fully saturated rings. The second kappa shape index (κ2) is 8.41. The van der Waals surface area contributed by atoms with Gasteiger partial charge in [-0.3, -0.25) is 9.80 Å². The van der Waals surface area contributed by atoms with Crippen molar-refractivity contribution in [1.82, 2.24) is 19.8 Å². The van der Waals surface area contributed by atoms with Crippen LogP contribution in [-0.2, 0) is 4.74 Å². The standard InChI is InChI=1S/C23H33ClFN5O3/c1-22(2,3)33-21(31)30-16-5-6-17(30)13-28(12-16)19-9-18(24)26-20(27-19)32-14-23-7-4-8-29(23)11-15(25)10-23/h9,15-17H,4-8,10-14H2,1-3H3/t15-,16?,17?,23+/m1/s1. The minimum atomic E-state index is -0.804. The molecule has 4 aliphatic heterocycles. The highest BCUT2D eigenvalue weighted by atomic mass is 35.5. The number of carbonyl (C=O) groups excluding carboxylic acids is 1. The highest BCUT2D eigenvalue weighted by molar-refractivity contribution is 6.29. The Morgan fingerprint density at radius 2 is 1.97 bits per heavy atom. The van der Waals surface area contributed by atoms with Crippen molar-refractivity contribution in [3.8, 4) is 6.01 Å². The first-order valence-electron chi connectivity index (χ1n) is 11.9. The van der Waals surface area contributed by atoms with Crippen molar-refractivity contribution < 1.29 is 18.7 Å².